The first-order valence-electron chi connectivity index (χ1n) is 8.09. The van der Waals surface area contributed by atoms with Gasteiger partial charge in [-0.05, 0) is 32.1 Å². The Morgan fingerprint density at radius 2 is 1.50 bits per heavy atom. The van der Waals surface area contributed by atoms with E-state index in [-0.39, 0.29) is 37.3 Å². The van der Waals surface area contributed by atoms with Crippen LogP contribution in [0.1, 0.15) is 51.4 Å². The molecular formula is C16H24O6. The maximum Gasteiger partial charge on any atom is 0.307 e. The second-order valence-corrected chi connectivity index (χ2v) is 6.44. The zero-order valence-electron chi connectivity index (χ0n) is 12.7. The van der Waals surface area contributed by atoms with Crippen molar-refractivity contribution in [3.63, 3.8) is 0 Å². The first-order chi connectivity index (χ1) is 10.5. The van der Waals surface area contributed by atoms with Crippen LogP contribution in [-0.2, 0) is 19.1 Å². The number of hydrogen-bond acceptors (Lipinski definition) is 4. The second-order valence-electron chi connectivity index (χ2n) is 6.44. The number of hydrogen-bond donors (Lipinski definition) is 2. The summed E-state index contributed by atoms with van der Waals surface area (Å²) in [4.78, 5) is 34.4. The number of Topliss-reactive ketones (excluding diaryl/α,β-unsaturated/α-hetero) is 1. The van der Waals surface area contributed by atoms with Crippen molar-refractivity contribution in [3.05, 3.63) is 0 Å². The summed E-state index contributed by atoms with van der Waals surface area (Å²) in [7, 11) is 0. The number of carbonyl (C=O) groups is 3. The normalized spacial score (nSPS) is 29.9. The summed E-state index contributed by atoms with van der Waals surface area (Å²) in [6, 6.07) is 0. The molecule has 0 aromatic rings. The van der Waals surface area contributed by atoms with Crippen molar-refractivity contribution >= 4 is 17.7 Å². The van der Waals surface area contributed by atoms with E-state index in [1.165, 1.54) is 6.42 Å². The highest BCUT2D eigenvalue weighted by atomic mass is 16.5. The van der Waals surface area contributed by atoms with Gasteiger partial charge in [0.05, 0.1) is 17.9 Å². The van der Waals surface area contributed by atoms with Crippen molar-refractivity contribution in [2.75, 3.05) is 6.61 Å². The van der Waals surface area contributed by atoms with Gasteiger partial charge in [0, 0.05) is 5.92 Å². The lowest BCUT2D eigenvalue weighted by Gasteiger charge is -2.31. The van der Waals surface area contributed by atoms with E-state index in [0.717, 1.165) is 25.7 Å². The lowest BCUT2D eigenvalue weighted by atomic mass is 9.78. The van der Waals surface area contributed by atoms with Crippen molar-refractivity contribution in [2.45, 2.75) is 57.5 Å². The minimum absolute atomic E-state index is 0.0272. The maximum absolute atomic E-state index is 12.1. The molecule has 0 aliphatic heterocycles. The van der Waals surface area contributed by atoms with Gasteiger partial charge in [-0.2, -0.15) is 0 Å². The lowest BCUT2D eigenvalue weighted by Crippen LogP contribution is -2.39. The van der Waals surface area contributed by atoms with E-state index in [0.29, 0.717) is 6.42 Å². The molecule has 2 aliphatic rings. The zero-order chi connectivity index (χ0) is 16.1. The molecule has 0 spiro atoms. The zero-order valence-corrected chi connectivity index (χ0v) is 12.7. The highest BCUT2D eigenvalue weighted by molar-refractivity contribution is 5.82. The Balaban J connectivity index is 1.82. The molecule has 2 saturated carbocycles. The minimum atomic E-state index is -1.10. The molecule has 22 heavy (non-hydrogen) atoms. The molecule has 0 amide bonds. The molecule has 0 aromatic heterocycles. The molecule has 2 N–H and O–H groups in total. The quantitative estimate of drug-likeness (QED) is 0.779. The van der Waals surface area contributed by atoms with Crippen LogP contribution in [-0.4, -0.2) is 40.6 Å². The van der Waals surface area contributed by atoms with Crippen LogP contribution in [0, 0.1) is 17.8 Å². The minimum Gasteiger partial charge on any atom is -0.481 e. The van der Waals surface area contributed by atoms with E-state index in [1.807, 2.05) is 0 Å². The third-order valence-electron chi connectivity index (χ3n) is 4.96. The number of carbonyl (C=O) groups excluding carboxylic acids is 1. The molecule has 0 heterocycles. The third kappa shape index (κ3) is 4.29. The predicted octanol–water partition coefficient (Wildman–Crippen LogP) is 2.11. The van der Waals surface area contributed by atoms with Crippen LogP contribution >= 0.6 is 0 Å². The number of ether oxygens (including phenoxy) is 1. The van der Waals surface area contributed by atoms with Gasteiger partial charge >= 0.3 is 11.9 Å². The Hall–Kier alpha value is -1.43. The fourth-order valence-electron chi connectivity index (χ4n) is 3.59. The van der Waals surface area contributed by atoms with Gasteiger partial charge in [0.1, 0.15) is 6.61 Å². The number of rotatable bonds is 6. The molecule has 2 aliphatic carbocycles. The maximum atomic E-state index is 12.1. The summed E-state index contributed by atoms with van der Waals surface area (Å²) in [5, 5.41) is 18.2. The first kappa shape index (κ1) is 16.9. The van der Waals surface area contributed by atoms with Gasteiger partial charge in [0.2, 0.25) is 0 Å². The highest BCUT2D eigenvalue weighted by Gasteiger charge is 2.40. The van der Waals surface area contributed by atoms with Crippen molar-refractivity contribution in [1.29, 1.82) is 0 Å². The van der Waals surface area contributed by atoms with Crippen molar-refractivity contribution in [3.8, 4) is 0 Å². The van der Waals surface area contributed by atoms with Crippen LogP contribution in [0.25, 0.3) is 0 Å². The van der Waals surface area contributed by atoms with E-state index < -0.39 is 23.8 Å². The van der Waals surface area contributed by atoms with Gasteiger partial charge in [-0.1, -0.05) is 19.3 Å². The molecule has 0 saturated heterocycles. The number of carboxylic acid groups (broad SMARTS) is 2. The Morgan fingerprint density at radius 3 is 2.09 bits per heavy atom. The van der Waals surface area contributed by atoms with Gasteiger partial charge in [0.15, 0.2) is 5.78 Å². The van der Waals surface area contributed by atoms with Crippen molar-refractivity contribution in [1.82, 2.24) is 0 Å². The monoisotopic (exact) mass is 312 g/mol. The van der Waals surface area contributed by atoms with Gasteiger partial charge in [-0.3, -0.25) is 14.4 Å². The summed E-state index contributed by atoms with van der Waals surface area (Å²) in [6.45, 7) is 0.0272. The molecule has 124 valence electrons. The lowest BCUT2D eigenvalue weighted by molar-refractivity contribution is -0.159. The van der Waals surface area contributed by atoms with Crippen LogP contribution in [0.2, 0.25) is 0 Å². The summed E-state index contributed by atoms with van der Waals surface area (Å²) >= 11 is 0. The Kier molecular flexibility index (Phi) is 5.94. The molecule has 6 nitrogen and oxygen atoms in total. The van der Waals surface area contributed by atoms with E-state index in [1.54, 1.807) is 0 Å². The number of carboxylic acids is 2. The Bertz CT molecular complexity index is 426. The number of ketones is 1. The molecule has 0 bridgehead atoms. The third-order valence-corrected chi connectivity index (χ3v) is 4.96. The van der Waals surface area contributed by atoms with Crippen LogP contribution in [0.15, 0.2) is 0 Å². The standard InChI is InChI=1S/C16H24O6/c17-14(10-4-2-1-3-5-10)9-22-11-6-7-12(15(18)19)13(8-11)16(20)21/h10-13H,1-9H2,(H,18,19)(H,20,21). The fraction of sp³-hybridized carbons (Fsp3) is 0.812. The second kappa shape index (κ2) is 7.72. The topological polar surface area (TPSA) is 101 Å². The van der Waals surface area contributed by atoms with Crippen molar-refractivity contribution in [2.24, 2.45) is 17.8 Å². The smallest absolute Gasteiger partial charge is 0.307 e. The highest BCUT2D eigenvalue weighted by Crippen LogP contribution is 2.33. The SMILES string of the molecule is O=C(COC1CCC(C(=O)O)C(C(=O)O)C1)C1CCCCC1. The summed E-state index contributed by atoms with van der Waals surface area (Å²) in [6.07, 6.45) is 5.82. The molecule has 6 heteroatoms. The average molecular weight is 312 g/mol. The molecule has 2 rings (SSSR count). The first-order valence-corrected chi connectivity index (χ1v) is 8.09. The fourth-order valence-corrected chi connectivity index (χ4v) is 3.59. The van der Waals surface area contributed by atoms with Gasteiger partial charge in [-0.15, -0.1) is 0 Å². The van der Waals surface area contributed by atoms with Crippen LogP contribution in [0.4, 0.5) is 0 Å². The molecule has 0 radical (unpaired) electrons. The predicted molar refractivity (Wildman–Crippen MR) is 77.4 cm³/mol. The largest absolute Gasteiger partial charge is 0.481 e. The van der Waals surface area contributed by atoms with Crippen LogP contribution in [0.3, 0.4) is 0 Å². The molecule has 2 fully saturated rings. The molecular weight excluding hydrogens is 288 g/mol. The van der Waals surface area contributed by atoms with Crippen LogP contribution in [0.5, 0.6) is 0 Å². The van der Waals surface area contributed by atoms with E-state index in [9.17, 15) is 19.5 Å². The summed E-state index contributed by atoms with van der Waals surface area (Å²) in [5.74, 6) is -3.76. The summed E-state index contributed by atoms with van der Waals surface area (Å²) < 4.78 is 5.60. The van der Waals surface area contributed by atoms with E-state index in [4.69, 9.17) is 9.84 Å². The van der Waals surface area contributed by atoms with E-state index in [2.05, 4.69) is 0 Å². The Labute approximate surface area is 129 Å². The molecule has 3 atom stereocenters. The van der Waals surface area contributed by atoms with E-state index >= 15 is 0 Å². The number of aliphatic carboxylic acids is 2. The van der Waals surface area contributed by atoms with Crippen molar-refractivity contribution < 1.29 is 29.3 Å². The van der Waals surface area contributed by atoms with Crippen LogP contribution < -0.4 is 0 Å². The average Bonchev–Trinajstić information content (AvgIpc) is 2.53. The molecule has 0 aromatic carbocycles. The van der Waals surface area contributed by atoms with Gasteiger partial charge < -0.3 is 14.9 Å². The van der Waals surface area contributed by atoms with Gasteiger partial charge in [-0.25, -0.2) is 0 Å². The summed E-state index contributed by atoms with van der Waals surface area (Å²) in [5.41, 5.74) is 0. The van der Waals surface area contributed by atoms with Gasteiger partial charge in [0.25, 0.3) is 0 Å². The Morgan fingerprint density at radius 1 is 0.864 bits per heavy atom. The molecule has 3 unspecified atom stereocenters.